The lowest BCUT2D eigenvalue weighted by atomic mass is 9.95. The van der Waals surface area contributed by atoms with Crippen molar-refractivity contribution in [2.45, 2.75) is 18.6 Å². The highest BCUT2D eigenvalue weighted by atomic mass is 16.4. The SMILES string of the molecule is NC(CC(=O)O)c1ccccc1C(O)CO. The quantitative estimate of drug-likeness (QED) is 0.572. The summed E-state index contributed by atoms with van der Waals surface area (Å²) in [7, 11) is 0. The van der Waals surface area contributed by atoms with Gasteiger partial charge in [-0.05, 0) is 11.1 Å². The van der Waals surface area contributed by atoms with Gasteiger partial charge in [0, 0.05) is 6.04 Å². The van der Waals surface area contributed by atoms with Crippen molar-refractivity contribution >= 4 is 5.97 Å². The van der Waals surface area contributed by atoms with Crippen LogP contribution in [0.1, 0.15) is 29.7 Å². The highest BCUT2D eigenvalue weighted by molar-refractivity contribution is 5.68. The van der Waals surface area contributed by atoms with Crippen LogP contribution < -0.4 is 5.73 Å². The number of benzene rings is 1. The maximum Gasteiger partial charge on any atom is 0.305 e. The minimum atomic E-state index is -1.03. The molecule has 0 saturated carbocycles. The van der Waals surface area contributed by atoms with Crippen molar-refractivity contribution in [3.63, 3.8) is 0 Å². The lowest BCUT2D eigenvalue weighted by Crippen LogP contribution is -2.18. The minimum absolute atomic E-state index is 0.213. The number of carboxylic acids is 1. The average molecular weight is 225 g/mol. The van der Waals surface area contributed by atoms with Crippen LogP contribution >= 0.6 is 0 Å². The maximum absolute atomic E-state index is 10.5. The molecular weight excluding hydrogens is 210 g/mol. The van der Waals surface area contributed by atoms with Gasteiger partial charge in [-0.2, -0.15) is 0 Å². The molecule has 0 saturated heterocycles. The molecule has 0 bridgehead atoms. The molecule has 0 radical (unpaired) electrons. The topological polar surface area (TPSA) is 104 Å². The standard InChI is InChI=1S/C11H15NO4/c12-9(5-11(15)16)7-3-1-2-4-8(7)10(14)6-13/h1-4,9-10,13-14H,5-6,12H2,(H,15,16). The predicted molar refractivity (Wildman–Crippen MR) is 57.7 cm³/mol. The van der Waals surface area contributed by atoms with E-state index in [0.29, 0.717) is 11.1 Å². The van der Waals surface area contributed by atoms with Crippen LogP contribution in [0.25, 0.3) is 0 Å². The van der Waals surface area contributed by atoms with Gasteiger partial charge in [-0.15, -0.1) is 0 Å². The van der Waals surface area contributed by atoms with Crippen molar-refractivity contribution in [1.82, 2.24) is 0 Å². The van der Waals surface area contributed by atoms with Crippen LogP contribution in [0, 0.1) is 0 Å². The summed E-state index contributed by atoms with van der Waals surface area (Å²) in [6, 6.07) is 6.00. The van der Waals surface area contributed by atoms with E-state index in [2.05, 4.69) is 0 Å². The van der Waals surface area contributed by atoms with Crippen molar-refractivity contribution in [2.24, 2.45) is 5.73 Å². The Hall–Kier alpha value is -1.43. The Bertz CT molecular complexity index is 367. The molecule has 0 heterocycles. The fourth-order valence-corrected chi connectivity index (χ4v) is 1.55. The molecule has 1 aromatic carbocycles. The van der Waals surface area contributed by atoms with E-state index in [0.717, 1.165) is 0 Å². The summed E-state index contributed by atoms with van der Waals surface area (Å²) in [5, 5.41) is 27.0. The third-order valence-electron chi connectivity index (χ3n) is 2.32. The fourth-order valence-electron chi connectivity index (χ4n) is 1.55. The van der Waals surface area contributed by atoms with Crippen LogP contribution in [-0.4, -0.2) is 27.9 Å². The van der Waals surface area contributed by atoms with Gasteiger partial charge in [-0.25, -0.2) is 0 Å². The second kappa shape index (κ2) is 5.60. The molecule has 5 nitrogen and oxygen atoms in total. The molecule has 2 atom stereocenters. The summed E-state index contributed by atoms with van der Waals surface area (Å²) < 4.78 is 0. The van der Waals surface area contributed by atoms with Crippen LogP contribution in [0.4, 0.5) is 0 Å². The van der Waals surface area contributed by atoms with Gasteiger partial charge in [0.05, 0.1) is 13.0 Å². The Morgan fingerprint density at radius 3 is 2.38 bits per heavy atom. The molecule has 16 heavy (non-hydrogen) atoms. The molecule has 0 fully saturated rings. The average Bonchev–Trinajstić information content (AvgIpc) is 2.27. The van der Waals surface area contributed by atoms with Crippen LogP contribution in [-0.2, 0) is 4.79 Å². The van der Waals surface area contributed by atoms with Crippen LogP contribution in [0.2, 0.25) is 0 Å². The molecule has 2 unspecified atom stereocenters. The summed E-state index contributed by atoms with van der Waals surface area (Å²) in [4.78, 5) is 10.5. The third-order valence-corrected chi connectivity index (χ3v) is 2.32. The fraction of sp³-hybridized carbons (Fsp3) is 0.364. The molecule has 88 valence electrons. The largest absolute Gasteiger partial charge is 0.481 e. The van der Waals surface area contributed by atoms with Crippen molar-refractivity contribution < 1.29 is 20.1 Å². The van der Waals surface area contributed by atoms with Crippen molar-refractivity contribution in [1.29, 1.82) is 0 Å². The smallest absolute Gasteiger partial charge is 0.305 e. The van der Waals surface area contributed by atoms with Gasteiger partial charge in [0.2, 0.25) is 0 Å². The van der Waals surface area contributed by atoms with Gasteiger partial charge < -0.3 is 21.1 Å². The minimum Gasteiger partial charge on any atom is -0.481 e. The number of aliphatic carboxylic acids is 1. The number of hydrogen-bond donors (Lipinski definition) is 4. The number of aliphatic hydroxyl groups is 2. The highest BCUT2D eigenvalue weighted by Crippen LogP contribution is 2.24. The van der Waals surface area contributed by atoms with Gasteiger partial charge in [-0.1, -0.05) is 24.3 Å². The number of hydrogen-bond acceptors (Lipinski definition) is 4. The maximum atomic E-state index is 10.5. The van der Waals surface area contributed by atoms with Crippen molar-refractivity contribution in [3.05, 3.63) is 35.4 Å². The Morgan fingerprint density at radius 2 is 1.88 bits per heavy atom. The first kappa shape index (κ1) is 12.6. The van der Waals surface area contributed by atoms with Crippen LogP contribution in [0.15, 0.2) is 24.3 Å². The van der Waals surface area contributed by atoms with Crippen molar-refractivity contribution in [3.8, 4) is 0 Å². The highest BCUT2D eigenvalue weighted by Gasteiger charge is 2.17. The van der Waals surface area contributed by atoms with E-state index in [9.17, 15) is 9.90 Å². The van der Waals surface area contributed by atoms with Gasteiger partial charge in [0.1, 0.15) is 6.10 Å². The van der Waals surface area contributed by atoms with E-state index in [1.54, 1.807) is 24.3 Å². The Balaban J connectivity index is 2.98. The van der Waals surface area contributed by atoms with Crippen molar-refractivity contribution in [2.75, 3.05) is 6.61 Å². The number of carboxylic acid groups (broad SMARTS) is 1. The monoisotopic (exact) mass is 225 g/mol. The second-order valence-electron chi connectivity index (χ2n) is 3.53. The van der Waals surface area contributed by atoms with E-state index in [1.165, 1.54) is 0 Å². The number of nitrogens with two attached hydrogens (primary N) is 1. The first-order valence-electron chi connectivity index (χ1n) is 4.91. The molecule has 5 N–H and O–H groups in total. The molecule has 0 amide bonds. The second-order valence-corrected chi connectivity index (χ2v) is 3.53. The van der Waals surface area contributed by atoms with Crippen LogP contribution in [0.3, 0.4) is 0 Å². The first-order valence-corrected chi connectivity index (χ1v) is 4.91. The Labute approximate surface area is 93.1 Å². The molecular formula is C11H15NO4. The normalized spacial score (nSPS) is 14.4. The molecule has 0 spiro atoms. The lowest BCUT2D eigenvalue weighted by molar-refractivity contribution is -0.137. The van der Waals surface area contributed by atoms with Gasteiger partial charge in [0.25, 0.3) is 0 Å². The summed E-state index contributed by atoms with van der Waals surface area (Å²) in [5.41, 5.74) is 6.73. The molecule has 0 aliphatic carbocycles. The van der Waals surface area contributed by atoms with E-state index in [1.807, 2.05) is 0 Å². The summed E-state index contributed by atoms with van der Waals surface area (Å²) in [6.45, 7) is -0.420. The molecule has 1 aromatic rings. The number of rotatable bonds is 5. The van der Waals surface area contributed by atoms with E-state index in [-0.39, 0.29) is 6.42 Å². The Morgan fingerprint density at radius 1 is 1.31 bits per heavy atom. The molecule has 0 aromatic heterocycles. The van der Waals surface area contributed by atoms with E-state index < -0.39 is 24.7 Å². The molecule has 0 aliphatic heterocycles. The zero-order valence-corrected chi connectivity index (χ0v) is 8.71. The van der Waals surface area contributed by atoms with Gasteiger partial charge in [-0.3, -0.25) is 4.79 Å². The number of carbonyl (C=O) groups is 1. The summed E-state index contributed by atoms with van der Waals surface area (Å²) >= 11 is 0. The van der Waals surface area contributed by atoms with E-state index >= 15 is 0 Å². The third kappa shape index (κ3) is 3.03. The first-order chi connectivity index (χ1) is 7.56. The van der Waals surface area contributed by atoms with Crippen LogP contribution in [0.5, 0.6) is 0 Å². The zero-order valence-electron chi connectivity index (χ0n) is 8.71. The number of aliphatic hydroxyl groups excluding tert-OH is 2. The summed E-state index contributed by atoms with van der Waals surface area (Å²) in [5.74, 6) is -0.999. The molecule has 1 rings (SSSR count). The zero-order chi connectivity index (χ0) is 12.1. The molecule has 0 aliphatic rings. The lowest BCUT2D eigenvalue weighted by Gasteiger charge is -2.17. The summed E-state index contributed by atoms with van der Waals surface area (Å²) in [6.07, 6.45) is -1.24. The van der Waals surface area contributed by atoms with Gasteiger partial charge >= 0.3 is 5.97 Å². The molecule has 5 heteroatoms. The van der Waals surface area contributed by atoms with E-state index in [4.69, 9.17) is 15.9 Å². The van der Waals surface area contributed by atoms with Gasteiger partial charge in [0.15, 0.2) is 0 Å². The predicted octanol–water partition coefficient (Wildman–Crippen LogP) is 0.187. The Kier molecular flexibility index (Phi) is 4.42.